The number of carbonyl (C=O) groups excluding carboxylic acids is 6. The van der Waals surface area contributed by atoms with Gasteiger partial charge in [-0.05, 0) is 55.1 Å². The van der Waals surface area contributed by atoms with Crippen molar-refractivity contribution in [2.24, 2.45) is 5.11 Å². The molecule has 0 amide bonds. The number of nitrogens with one attached hydrogen (secondary N) is 1. The fourth-order valence-electron chi connectivity index (χ4n) is 6.46. The minimum atomic E-state index is -3.72. The predicted octanol–water partition coefficient (Wildman–Crippen LogP) is 1.91. The second-order valence-electron chi connectivity index (χ2n) is 13.7. The smallest absolute Gasteiger partial charge is 0.491 e. The lowest BCUT2D eigenvalue weighted by Crippen LogP contribution is -3.11. The van der Waals surface area contributed by atoms with Crippen molar-refractivity contribution in [3.05, 3.63) is 82.2 Å². The molecule has 63 heavy (non-hydrogen) atoms. The Hall–Kier alpha value is -5.57. The van der Waals surface area contributed by atoms with Crippen molar-refractivity contribution in [1.82, 2.24) is 0 Å². The Morgan fingerprint density at radius 1 is 0.651 bits per heavy atom. The molecule has 2 aromatic rings. The Morgan fingerprint density at radius 2 is 1.13 bits per heavy atom. The van der Waals surface area contributed by atoms with Crippen LogP contribution >= 0.6 is 8.25 Å². The number of hydrogen-bond acceptors (Lipinski definition) is 19. The van der Waals surface area contributed by atoms with E-state index >= 15 is 0 Å². The zero-order valence-corrected chi connectivity index (χ0v) is 36.6. The van der Waals surface area contributed by atoms with Gasteiger partial charge in [0.15, 0.2) is 24.6 Å². The van der Waals surface area contributed by atoms with Crippen LogP contribution in [0, 0.1) is 0 Å². The largest absolute Gasteiger partial charge is 0.566 e. The maximum Gasteiger partial charge on any atom is 0.491 e. The Bertz CT molecular complexity index is 1900. The molecule has 0 aliphatic carbocycles. The molecule has 2 saturated heterocycles. The van der Waals surface area contributed by atoms with E-state index in [0.717, 1.165) is 27.7 Å². The monoisotopic (exact) mass is 907 g/mol. The van der Waals surface area contributed by atoms with Crippen LogP contribution in [0.1, 0.15) is 69.2 Å². The van der Waals surface area contributed by atoms with Crippen LogP contribution in [0.5, 0.6) is 0 Å². The Labute approximate surface area is 363 Å². The summed E-state index contributed by atoms with van der Waals surface area (Å²) < 4.78 is 67.7. The van der Waals surface area contributed by atoms with E-state index in [9.17, 15) is 43.8 Å². The van der Waals surface area contributed by atoms with Crippen LogP contribution in [-0.4, -0.2) is 130 Å². The van der Waals surface area contributed by atoms with Gasteiger partial charge in [-0.25, -0.2) is 9.59 Å². The number of ether oxygens (including phenoxy) is 9. The number of azide groups is 1. The average molecular weight is 908 g/mol. The fraction of sp³-hybridized carbons (Fsp3) is 0.550. The van der Waals surface area contributed by atoms with Gasteiger partial charge in [-0.2, -0.15) is 0 Å². The van der Waals surface area contributed by atoms with Gasteiger partial charge in [-0.1, -0.05) is 41.5 Å². The first kappa shape index (κ1) is 51.8. The molecule has 2 aromatic carbocycles. The molecule has 0 saturated carbocycles. The molecule has 1 N–H and O–H groups in total. The number of nitrogens with zero attached hydrogens (tertiary/aromatic N) is 3. The van der Waals surface area contributed by atoms with Crippen LogP contribution in [-0.2, 0) is 70.9 Å². The molecule has 0 aromatic heterocycles. The lowest BCUT2D eigenvalue weighted by molar-refractivity contribution is -0.894. The lowest BCUT2D eigenvalue weighted by atomic mass is 9.95. The van der Waals surface area contributed by atoms with Crippen LogP contribution < -0.4 is 9.79 Å². The van der Waals surface area contributed by atoms with E-state index in [0.29, 0.717) is 0 Å². The van der Waals surface area contributed by atoms with Crippen molar-refractivity contribution < 1.29 is 90.3 Å². The van der Waals surface area contributed by atoms with E-state index in [1.165, 1.54) is 56.0 Å². The normalized spacial score (nSPS) is 25.4. The first-order chi connectivity index (χ1) is 30.0. The molecule has 344 valence electrons. The van der Waals surface area contributed by atoms with Crippen molar-refractivity contribution in [2.45, 2.75) is 110 Å². The zero-order chi connectivity index (χ0) is 46.6. The standard InChI is InChI=1S/C34H36N3O18P.C6H15N/c1-17(38)46-15-23-27(48-18(2)39)29(49-19(3)40)30(50-20(4)41)34(52-23)54-26-24(16-47-31(42)21-11-7-5-8-12-21)51-33(55-56(44)45)25(36-37-35)28(26)53-32(43)22-13-9-6-10-14-22;1-4-7(5-2)6-3/h5-14,23-30,33-34H,15-16H2,1-4H3;4-6H2,1-3H3/p+1/t23-,24-,25+,26-,27+,28-,29+,30-,33-,34+;/m1./s1. The van der Waals surface area contributed by atoms with E-state index in [2.05, 4.69) is 30.8 Å². The number of quaternary nitrogens is 1. The maximum absolute atomic E-state index is 13.6. The van der Waals surface area contributed by atoms with Crippen molar-refractivity contribution in [3.63, 3.8) is 0 Å². The minimum Gasteiger partial charge on any atom is -0.566 e. The van der Waals surface area contributed by atoms with Crippen LogP contribution in [0.25, 0.3) is 10.4 Å². The molecular formula is C40H52N4O18P+. The first-order valence-corrected chi connectivity index (χ1v) is 20.9. The summed E-state index contributed by atoms with van der Waals surface area (Å²) in [6.07, 6.45) is -15.9. The lowest BCUT2D eigenvalue weighted by Gasteiger charge is -2.48. The summed E-state index contributed by atoms with van der Waals surface area (Å²) in [7, 11) is -3.72. The number of benzene rings is 2. The summed E-state index contributed by atoms with van der Waals surface area (Å²) in [5.41, 5.74) is 9.62. The topological polar surface area (TPSA) is 288 Å². The van der Waals surface area contributed by atoms with E-state index in [1.54, 1.807) is 29.2 Å². The van der Waals surface area contributed by atoms with Gasteiger partial charge in [0.1, 0.15) is 43.7 Å². The third-order valence-corrected chi connectivity index (χ3v) is 9.75. The molecule has 2 aliphatic heterocycles. The number of rotatable bonds is 18. The highest BCUT2D eigenvalue weighted by Gasteiger charge is 2.57. The second-order valence-corrected chi connectivity index (χ2v) is 14.4. The third kappa shape index (κ3) is 16.3. The summed E-state index contributed by atoms with van der Waals surface area (Å²) >= 11 is 0. The van der Waals surface area contributed by atoms with E-state index in [-0.39, 0.29) is 11.1 Å². The molecule has 1 unspecified atom stereocenters. The molecule has 23 heteroatoms. The summed E-state index contributed by atoms with van der Waals surface area (Å²) in [6, 6.07) is 13.2. The van der Waals surface area contributed by atoms with Crippen molar-refractivity contribution in [2.75, 3.05) is 32.8 Å². The SMILES string of the molecule is CC(=O)OC[C@H]1O[C@@H](O[C@H]2[C@H](OC(=O)c3ccccc3)[C@H](N=[N+]=[N-])[C@@H](O[P+](=O)[O-])O[C@@H]2COC(=O)c2ccccc2)[C@H](OC(C)=O)[C@@H](OC(C)=O)[C@H]1OC(C)=O.CC[NH+](CC)CC. The Balaban J connectivity index is 0.00000139. The predicted molar refractivity (Wildman–Crippen MR) is 212 cm³/mol. The first-order valence-electron chi connectivity index (χ1n) is 19.8. The second kappa shape index (κ2) is 26.1. The molecule has 4 rings (SSSR count). The van der Waals surface area contributed by atoms with Crippen molar-refractivity contribution >= 4 is 44.1 Å². The third-order valence-electron chi connectivity index (χ3n) is 9.37. The van der Waals surface area contributed by atoms with E-state index in [4.69, 9.17) is 47.2 Å². The van der Waals surface area contributed by atoms with Gasteiger partial charge in [0.2, 0.25) is 6.29 Å². The quantitative estimate of drug-likeness (QED) is 0.0558. The van der Waals surface area contributed by atoms with E-state index < -0.39 is 119 Å². The minimum absolute atomic E-state index is 0.0239. The highest BCUT2D eigenvalue weighted by atomic mass is 31.1. The summed E-state index contributed by atoms with van der Waals surface area (Å²) in [5, 5.41) is 3.58. The molecule has 11 atom stereocenters. The molecule has 22 nitrogen and oxygen atoms in total. The molecule has 0 spiro atoms. The maximum atomic E-state index is 13.6. The molecule has 2 aliphatic rings. The van der Waals surface area contributed by atoms with Gasteiger partial charge in [0, 0.05) is 32.6 Å². The number of carbonyl (C=O) groups is 6. The van der Waals surface area contributed by atoms with Crippen LogP contribution in [0.2, 0.25) is 0 Å². The highest BCUT2D eigenvalue weighted by molar-refractivity contribution is 7.30. The average Bonchev–Trinajstić information content (AvgIpc) is 3.24. The number of esters is 6. The molecule has 0 radical (unpaired) electrons. The highest BCUT2D eigenvalue weighted by Crippen LogP contribution is 2.37. The number of hydrogen-bond donors (Lipinski definition) is 1. The van der Waals surface area contributed by atoms with Crippen molar-refractivity contribution in [3.8, 4) is 0 Å². The Kier molecular flexibility index (Phi) is 21.5. The fourth-order valence-corrected chi connectivity index (χ4v) is 6.81. The Morgan fingerprint density at radius 3 is 1.60 bits per heavy atom. The van der Waals surface area contributed by atoms with Gasteiger partial charge in [0.05, 0.1) is 30.8 Å². The summed E-state index contributed by atoms with van der Waals surface area (Å²) in [5.74, 6) is -5.57. The van der Waals surface area contributed by atoms with Gasteiger partial charge >= 0.3 is 44.1 Å². The summed E-state index contributed by atoms with van der Waals surface area (Å²) in [4.78, 5) is 91.9. The molecule has 2 heterocycles. The molecule has 2 fully saturated rings. The van der Waals surface area contributed by atoms with Gasteiger partial charge in [0.25, 0.3) is 0 Å². The summed E-state index contributed by atoms with van der Waals surface area (Å²) in [6.45, 7) is 13.1. The van der Waals surface area contributed by atoms with Gasteiger partial charge in [-0.3, -0.25) is 19.2 Å². The molecular weight excluding hydrogens is 855 g/mol. The van der Waals surface area contributed by atoms with Gasteiger partial charge in [-0.15, -0.1) is 4.52 Å². The van der Waals surface area contributed by atoms with Crippen LogP contribution in [0.4, 0.5) is 0 Å². The zero-order valence-electron chi connectivity index (χ0n) is 35.7. The van der Waals surface area contributed by atoms with E-state index in [1.807, 2.05) is 0 Å². The van der Waals surface area contributed by atoms with Crippen LogP contribution in [0.15, 0.2) is 65.8 Å². The van der Waals surface area contributed by atoms with Crippen LogP contribution in [0.3, 0.4) is 0 Å². The molecule has 0 bridgehead atoms. The van der Waals surface area contributed by atoms with Gasteiger partial charge < -0.3 is 52.4 Å². The van der Waals surface area contributed by atoms with Crippen molar-refractivity contribution in [1.29, 1.82) is 0 Å².